The van der Waals surface area contributed by atoms with E-state index >= 15 is 0 Å². The van der Waals surface area contributed by atoms with Crippen LogP contribution in [0.3, 0.4) is 0 Å². The molecular weight excluding hydrogens is 274 g/mol. The van der Waals surface area contributed by atoms with Gasteiger partial charge in [-0.15, -0.1) is 11.8 Å². The first-order chi connectivity index (χ1) is 9.63. The molecule has 20 heavy (non-hydrogen) atoms. The Morgan fingerprint density at radius 1 is 1.25 bits per heavy atom. The number of esters is 1. The zero-order valence-electron chi connectivity index (χ0n) is 12.0. The summed E-state index contributed by atoms with van der Waals surface area (Å²) in [6, 6.07) is 10.0. The molecule has 0 bridgehead atoms. The van der Waals surface area contributed by atoms with Crippen molar-refractivity contribution in [3.63, 3.8) is 0 Å². The summed E-state index contributed by atoms with van der Waals surface area (Å²) in [5.74, 6) is 1.02. The van der Waals surface area contributed by atoms with Gasteiger partial charge in [-0.2, -0.15) is 0 Å². The fourth-order valence-corrected chi connectivity index (χ4v) is 2.48. The van der Waals surface area contributed by atoms with Gasteiger partial charge in [0.05, 0.1) is 18.8 Å². The highest BCUT2D eigenvalue weighted by Gasteiger charge is 2.11. The standard InChI is InChI=1S/C15H21NO3S/c1-3-19-15(18)9-10-16(2)14(17)12-20-11-13-7-5-4-6-8-13/h4-8H,3,9-12H2,1-2H3. The Labute approximate surface area is 124 Å². The first-order valence-corrected chi connectivity index (χ1v) is 7.80. The van der Waals surface area contributed by atoms with Gasteiger partial charge in [0.2, 0.25) is 5.91 Å². The van der Waals surface area contributed by atoms with Crippen molar-refractivity contribution >= 4 is 23.6 Å². The molecule has 5 heteroatoms. The first kappa shape index (κ1) is 16.6. The van der Waals surface area contributed by atoms with Gasteiger partial charge in [-0.25, -0.2) is 0 Å². The maximum Gasteiger partial charge on any atom is 0.307 e. The fraction of sp³-hybridized carbons (Fsp3) is 0.467. The van der Waals surface area contributed by atoms with Crippen molar-refractivity contribution in [3.05, 3.63) is 35.9 Å². The van der Waals surface area contributed by atoms with E-state index in [1.807, 2.05) is 30.3 Å². The van der Waals surface area contributed by atoms with Crippen molar-refractivity contribution in [2.24, 2.45) is 0 Å². The molecule has 0 heterocycles. The minimum Gasteiger partial charge on any atom is -0.466 e. The van der Waals surface area contributed by atoms with Crippen molar-refractivity contribution in [1.82, 2.24) is 4.90 Å². The summed E-state index contributed by atoms with van der Waals surface area (Å²) >= 11 is 1.58. The van der Waals surface area contributed by atoms with Crippen LogP contribution < -0.4 is 0 Å². The van der Waals surface area contributed by atoms with Crippen LogP contribution in [-0.2, 0) is 20.1 Å². The van der Waals surface area contributed by atoms with E-state index in [0.29, 0.717) is 18.9 Å². The maximum atomic E-state index is 11.9. The van der Waals surface area contributed by atoms with Crippen molar-refractivity contribution in [3.8, 4) is 0 Å². The van der Waals surface area contributed by atoms with Gasteiger partial charge in [0.15, 0.2) is 0 Å². The Morgan fingerprint density at radius 3 is 2.60 bits per heavy atom. The van der Waals surface area contributed by atoms with Crippen molar-refractivity contribution < 1.29 is 14.3 Å². The normalized spacial score (nSPS) is 10.1. The van der Waals surface area contributed by atoms with Crippen LogP contribution in [0.1, 0.15) is 18.9 Å². The molecular formula is C15H21NO3S. The Hall–Kier alpha value is -1.49. The number of ether oxygens (including phenoxy) is 1. The Bertz CT molecular complexity index is 422. The number of carbonyl (C=O) groups excluding carboxylic acids is 2. The van der Waals surface area contributed by atoms with Gasteiger partial charge in [-0.1, -0.05) is 30.3 Å². The minimum absolute atomic E-state index is 0.0372. The lowest BCUT2D eigenvalue weighted by molar-refractivity contribution is -0.143. The van der Waals surface area contributed by atoms with Crippen LogP contribution in [-0.4, -0.2) is 42.7 Å². The zero-order valence-corrected chi connectivity index (χ0v) is 12.8. The summed E-state index contributed by atoms with van der Waals surface area (Å²) in [6.45, 7) is 2.56. The Balaban J connectivity index is 2.20. The third-order valence-corrected chi connectivity index (χ3v) is 3.71. The van der Waals surface area contributed by atoms with Gasteiger partial charge in [-0.05, 0) is 12.5 Å². The molecule has 0 N–H and O–H groups in total. The average Bonchev–Trinajstić information content (AvgIpc) is 2.46. The summed E-state index contributed by atoms with van der Waals surface area (Å²) in [5.41, 5.74) is 1.21. The number of thioether (sulfide) groups is 1. The van der Waals surface area contributed by atoms with Gasteiger partial charge < -0.3 is 9.64 Å². The SMILES string of the molecule is CCOC(=O)CCN(C)C(=O)CSCc1ccccc1. The molecule has 0 spiro atoms. The van der Waals surface area contributed by atoms with E-state index < -0.39 is 0 Å². The lowest BCUT2D eigenvalue weighted by Gasteiger charge is -2.16. The summed E-state index contributed by atoms with van der Waals surface area (Å²) in [5, 5.41) is 0. The van der Waals surface area contributed by atoms with Crippen LogP contribution in [0.25, 0.3) is 0 Å². The number of amides is 1. The van der Waals surface area contributed by atoms with Gasteiger partial charge >= 0.3 is 5.97 Å². The van der Waals surface area contributed by atoms with Crippen LogP contribution >= 0.6 is 11.8 Å². The Morgan fingerprint density at radius 2 is 1.95 bits per heavy atom. The molecule has 0 aliphatic carbocycles. The maximum absolute atomic E-state index is 11.9. The van der Waals surface area contributed by atoms with E-state index in [9.17, 15) is 9.59 Å². The summed E-state index contributed by atoms with van der Waals surface area (Å²) in [7, 11) is 1.71. The average molecular weight is 295 g/mol. The van der Waals surface area contributed by atoms with Crippen LogP contribution in [0.4, 0.5) is 0 Å². The van der Waals surface area contributed by atoms with Crippen LogP contribution in [0, 0.1) is 0 Å². The molecule has 1 amide bonds. The number of hydrogen-bond donors (Lipinski definition) is 0. The molecule has 0 aliphatic rings. The summed E-state index contributed by atoms with van der Waals surface area (Å²) < 4.78 is 4.83. The number of nitrogens with zero attached hydrogens (tertiary/aromatic N) is 1. The van der Waals surface area contributed by atoms with Gasteiger partial charge in [0, 0.05) is 19.3 Å². The van der Waals surface area contributed by atoms with E-state index in [1.54, 1.807) is 30.6 Å². The highest BCUT2D eigenvalue weighted by molar-refractivity contribution is 7.99. The quantitative estimate of drug-likeness (QED) is 0.691. The lowest BCUT2D eigenvalue weighted by atomic mass is 10.2. The number of rotatable bonds is 8. The summed E-state index contributed by atoms with van der Waals surface area (Å²) in [6.07, 6.45) is 0.249. The van der Waals surface area contributed by atoms with E-state index in [2.05, 4.69) is 0 Å². The molecule has 110 valence electrons. The second-order valence-corrected chi connectivity index (χ2v) is 5.33. The van der Waals surface area contributed by atoms with E-state index in [1.165, 1.54) is 5.56 Å². The highest BCUT2D eigenvalue weighted by atomic mass is 32.2. The first-order valence-electron chi connectivity index (χ1n) is 6.64. The van der Waals surface area contributed by atoms with Gasteiger partial charge in [0.25, 0.3) is 0 Å². The molecule has 0 fully saturated rings. The molecule has 0 aliphatic heterocycles. The van der Waals surface area contributed by atoms with E-state index in [-0.39, 0.29) is 18.3 Å². The van der Waals surface area contributed by atoms with Gasteiger partial charge in [-0.3, -0.25) is 9.59 Å². The van der Waals surface area contributed by atoms with Crippen LogP contribution in [0.2, 0.25) is 0 Å². The zero-order chi connectivity index (χ0) is 14.8. The number of benzene rings is 1. The molecule has 1 rings (SSSR count). The van der Waals surface area contributed by atoms with Crippen LogP contribution in [0.5, 0.6) is 0 Å². The predicted molar refractivity (Wildman–Crippen MR) is 81.5 cm³/mol. The fourth-order valence-electron chi connectivity index (χ4n) is 1.56. The monoisotopic (exact) mass is 295 g/mol. The molecule has 0 radical (unpaired) electrons. The third kappa shape index (κ3) is 6.61. The second kappa shape index (κ2) is 9.42. The third-order valence-electron chi connectivity index (χ3n) is 2.72. The molecule has 1 aromatic rings. The molecule has 0 saturated heterocycles. The molecule has 1 aromatic carbocycles. The van der Waals surface area contributed by atoms with Gasteiger partial charge in [0.1, 0.15) is 0 Å². The van der Waals surface area contributed by atoms with E-state index in [4.69, 9.17) is 4.74 Å². The number of hydrogen-bond acceptors (Lipinski definition) is 4. The van der Waals surface area contributed by atoms with Crippen molar-refractivity contribution in [1.29, 1.82) is 0 Å². The lowest BCUT2D eigenvalue weighted by Crippen LogP contribution is -2.30. The number of carbonyl (C=O) groups is 2. The topological polar surface area (TPSA) is 46.6 Å². The summed E-state index contributed by atoms with van der Waals surface area (Å²) in [4.78, 5) is 24.6. The Kier molecular flexibility index (Phi) is 7.80. The van der Waals surface area contributed by atoms with E-state index in [0.717, 1.165) is 5.75 Å². The molecule has 0 aromatic heterocycles. The molecule has 4 nitrogen and oxygen atoms in total. The van der Waals surface area contributed by atoms with Crippen LogP contribution in [0.15, 0.2) is 30.3 Å². The largest absolute Gasteiger partial charge is 0.466 e. The minimum atomic E-state index is -0.260. The highest BCUT2D eigenvalue weighted by Crippen LogP contribution is 2.12. The molecule has 0 unspecified atom stereocenters. The molecule has 0 atom stereocenters. The smallest absolute Gasteiger partial charge is 0.307 e. The van der Waals surface area contributed by atoms with Crippen molar-refractivity contribution in [2.75, 3.05) is 26.0 Å². The second-order valence-electron chi connectivity index (χ2n) is 4.35. The predicted octanol–water partition coefficient (Wildman–Crippen LogP) is 2.33. The van der Waals surface area contributed by atoms with Crippen molar-refractivity contribution in [2.45, 2.75) is 19.1 Å². The molecule has 0 saturated carbocycles.